The lowest BCUT2D eigenvalue weighted by Crippen LogP contribution is -2.29. The molecule has 10 aromatic carbocycles. The Morgan fingerprint density at radius 3 is 1.36 bits per heavy atom. The summed E-state index contributed by atoms with van der Waals surface area (Å²) in [6, 6.07) is 81.5. The van der Waals surface area contributed by atoms with Crippen LogP contribution in [-0.4, -0.2) is 0 Å². The number of hydrogen-bond acceptors (Lipinski definition) is 1. The Balaban J connectivity index is 1.12. The van der Waals surface area contributed by atoms with E-state index in [4.69, 9.17) is 0 Å². The van der Waals surface area contributed by atoms with Crippen molar-refractivity contribution in [1.29, 1.82) is 0 Å². The van der Waals surface area contributed by atoms with Crippen molar-refractivity contribution in [3.05, 3.63) is 290 Å². The van der Waals surface area contributed by atoms with Gasteiger partial charge in [-0.1, -0.05) is 207 Å². The Bertz CT molecular complexity index is 3800. The van der Waals surface area contributed by atoms with Crippen LogP contribution >= 0.6 is 0 Å². The van der Waals surface area contributed by atoms with Gasteiger partial charge in [-0.15, -0.1) is 0 Å². The van der Waals surface area contributed by atoms with E-state index in [2.05, 4.69) is 259 Å². The first-order valence-corrected chi connectivity index (χ1v) is 25.0. The number of nitrogens with zero attached hydrogens (tertiary/aromatic N) is 1. The number of rotatable bonds is 5. The van der Waals surface area contributed by atoms with Gasteiger partial charge in [-0.2, -0.15) is 0 Å². The first-order valence-electron chi connectivity index (χ1n) is 25.0. The fourth-order valence-corrected chi connectivity index (χ4v) is 14.3. The number of aryl methyl sites for hydroxylation is 4. The Kier molecular flexibility index (Phi) is 8.50. The molecule has 0 bridgehead atoms. The zero-order valence-corrected chi connectivity index (χ0v) is 40.7. The summed E-state index contributed by atoms with van der Waals surface area (Å²) in [5.41, 5.74) is 31.3. The van der Waals surface area contributed by atoms with E-state index in [1.54, 1.807) is 0 Å². The van der Waals surface area contributed by atoms with Gasteiger partial charge < -0.3 is 4.90 Å². The van der Waals surface area contributed by atoms with Crippen molar-refractivity contribution in [2.75, 3.05) is 4.90 Å². The lowest BCUT2D eigenvalue weighted by Gasteiger charge is -2.37. The summed E-state index contributed by atoms with van der Waals surface area (Å²) >= 11 is 0. The van der Waals surface area contributed by atoms with Crippen LogP contribution in [0.1, 0.15) is 91.7 Å². The molecule has 1 spiro atoms. The van der Waals surface area contributed by atoms with E-state index >= 15 is 0 Å². The average Bonchev–Trinajstić information content (AvgIpc) is 4.03. The van der Waals surface area contributed by atoms with Crippen molar-refractivity contribution in [3.8, 4) is 44.5 Å². The molecule has 1 heteroatoms. The van der Waals surface area contributed by atoms with E-state index in [1.165, 1.54) is 128 Å². The third kappa shape index (κ3) is 5.17. The van der Waals surface area contributed by atoms with E-state index < -0.39 is 10.8 Å². The fraction of sp³-hybridized carbons (Fsp3) is 0.130. The zero-order valence-electron chi connectivity index (χ0n) is 40.7. The molecule has 334 valence electrons. The van der Waals surface area contributed by atoms with Gasteiger partial charge in [-0.3, -0.25) is 0 Å². The molecule has 0 aromatic heterocycles. The zero-order chi connectivity index (χ0) is 47.3. The highest BCUT2D eigenvalue weighted by Crippen LogP contribution is 2.67. The van der Waals surface area contributed by atoms with E-state index in [0.29, 0.717) is 0 Å². The number of anilines is 3. The highest BCUT2D eigenvalue weighted by molar-refractivity contribution is 6.02. The highest BCUT2D eigenvalue weighted by Gasteiger charge is 2.55. The van der Waals surface area contributed by atoms with Crippen molar-refractivity contribution < 1.29 is 0 Å². The smallest absolute Gasteiger partial charge is 0.0746 e. The van der Waals surface area contributed by atoms with Crippen molar-refractivity contribution >= 4 is 17.1 Å². The molecule has 0 radical (unpaired) electrons. The monoisotopic (exact) mass is 895 g/mol. The van der Waals surface area contributed by atoms with Crippen LogP contribution in [0.2, 0.25) is 0 Å². The normalized spacial score (nSPS) is 16.4. The molecule has 0 heterocycles. The SMILES string of the molecule is Cc1cc(C)c2c(c1)C1(c3ccccc3-2)c2cc(C)cc(C)c2-c2cccc(N(c3ccc4c(c3)C(C)(C)c3ccccc3-4)c3ccc4c(c3)C(c3ccccc3)(c3ccccc3)c3ccccc3-4)c21. The van der Waals surface area contributed by atoms with Crippen LogP contribution in [0, 0.1) is 27.7 Å². The number of fused-ring (bicyclic) bond motifs is 16. The molecule has 14 rings (SSSR count). The second kappa shape index (κ2) is 14.5. The van der Waals surface area contributed by atoms with Crippen molar-refractivity contribution in [2.24, 2.45) is 0 Å². The number of benzene rings is 10. The van der Waals surface area contributed by atoms with Gasteiger partial charge in [0.1, 0.15) is 0 Å². The summed E-state index contributed by atoms with van der Waals surface area (Å²) in [7, 11) is 0. The molecule has 1 unspecified atom stereocenters. The van der Waals surface area contributed by atoms with E-state index in [1.807, 2.05) is 0 Å². The second-order valence-corrected chi connectivity index (χ2v) is 21.0. The summed E-state index contributed by atoms with van der Waals surface area (Å²) in [5.74, 6) is 0. The van der Waals surface area contributed by atoms with Crippen molar-refractivity contribution in [2.45, 2.75) is 57.8 Å². The predicted molar refractivity (Wildman–Crippen MR) is 291 cm³/mol. The molecular weight excluding hydrogens is 843 g/mol. The molecule has 4 aliphatic rings. The summed E-state index contributed by atoms with van der Waals surface area (Å²) in [6.45, 7) is 14.0. The van der Waals surface area contributed by atoms with Gasteiger partial charge in [0.05, 0.1) is 16.5 Å². The molecule has 10 aromatic rings. The van der Waals surface area contributed by atoms with E-state index in [9.17, 15) is 0 Å². The fourth-order valence-electron chi connectivity index (χ4n) is 14.3. The molecule has 0 fully saturated rings. The molecule has 0 N–H and O–H groups in total. The third-order valence-electron chi connectivity index (χ3n) is 16.8. The Morgan fingerprint density at radius 1 is 0.314 bits per heavy atom. The molecular formula is C69H53N. The molecule has 1 nitrogen and oxygen atoms in total. The van der Waals surface area contributed by atoms with Crippen LogP contribution in [0.25, 0.3) is 44.5 Å². The van der Waals surface area contributed by atoms with Crippen LogP contribution < -0.4 is 4.90 Å². The van der Waals surface area contributed by atoms with Gasteiger partial charge >= 0.3 is 0 Å². The largest absolute Gasteiger partial charge is 0.310 e. The van der Waals surface area contributed by atoms with Crippen LogP contribution in [0.15, 0.2) is 212 Å². The minimum Gasteiger partial charge on any atom is -0.310 e. The molecule has 0 saturated carbocycles. The first kappa shape index (κ1) is 41.0. The van der Waals surface area contributed by atoms with Crippen molar-refractivity contribution in [1.82, 2.24) is 0 Å². The summed E-state index contributed by atoms with van der Waals surface area (Å²) in [5, 5.41) is 0. The summed E-state index contributed by atoms with van der Waals surface area (Å²) in [4.78, 5) is 2.64. The lowest BCUT2D eigenvalue weighted by atomic mass is 9.67. The molecule has 0 amide bonds. The predicted octanol–water partition coefficient (Wildman–Crippen LogP) is 17.4. The van der Waals surface area contributed by atoms with E-state index in [-0.39, 0.29) is 5.41 Å². The molecule has 4 aliphatic carbocycles. The van der Waals surface area contributed by atoms with Crippen LogP contribution in [0.3, 0.4) is 0 Å². The minimum atomic E-state index is -0.573. The quantitative estimate of drug-likeness (QED) is 0.166. The maximum atomic E-state index is 2.64. The first-order chi connectivity index (χ1) is 34.1. The second-order valence-electron chi connectivity index (χ2n) is 21.0. The molecule has 70 heavy (non-hydrogen) atoms. The van der Waals surface area contributed by atoms with Gasteiger partial charge in [0.15, 0.2) is 0 Å². The molecule has 0 saturated heterocycles. The summed E-state index contributed by atoms with van der Waals surface area (Å²) < 4.78 is 0. The Labute approximate surface area is 412 Å². The lowest BCUT2D eigenvalue weighted by molar-refractivity contribution is 0.660. The van der Waals surface area contributed by atoms with Gasteiger partial charge in [0.2, 0.25) is 0 Å². The summed E-state index contributed by atoms with van der Waals surface area (Å²) in [6.07, 6.45) is 0. The standard InChI is InChI=1S/C69H53N/c1-42-36-44(3)64-54-26-15-18-30-58(54)69(61(64)38-42)62-39-43(2)37-45(4)65(62)55-27-19-31-63(66(55)69)70(48-32-34-52-50-24-13-16-28-56(50)67(5,6)59(52)40-48)49-33-35-53-51-25-14-17-29-57(51)68(60(53)41-49,46-20-9-7-10-21-46)47-22-11-8-12-23-47/h7-41H,1-6H3. The van der Waals surface area contributed by atoms with Crippen molar-refractivity contribution in [3.63, 3.8) is 0 Å². The Morgan fingerprint density at radius 2 is 0.757 bits per heavy atom. The third-order valence-corrected chi connectivity index (χ3v) is 16.8. The average molecular weight is 896 g/mol. The maximum absolute atomic E-state index is 2.64. The van der Waals surface area contributed by atoms with Crippen LogP contribution in [0.4, 0.5) is 17.1 Å². The maximum Gasteiger partial charge on any atom is 0.0746 e. The molecule has 1 atom stereocenters. The Hall–Kier alpha value is -8.00. The highest BCUT2D eigenvalue weighted by atomic mass is 15.1. The van der Waals surface area contributed by atoms with Crippen LogP contribution in [-0.2, 0) is 16.2 Å². The molecule has 0 aliphatic heterocycles. The van der Waals surface area contributed by atoms with Crippen LogP contribution in [0.5, 0.6) is 0 Å². The van der Waals surface area contributed by atoms with E-state index in [0.717, 1.165) is 11.4 Å². The van der Waals surface area contributed by atoms with Gasteiger partial charge in [-0.25, -0.2) is 0 Å². The minimum absolute atomic E-state index is 0.188. The number of hydrogen-bond donors (Lipinski definition) is 0. The van der Waals surface area contributed by atoms with Gasteiger partial charge in [0.25, 0.3) is 0 Å². The topological polar surface area (TPSA) is 3.24 Å². The van der Waals surface area contributed by atoms with Gasteiger partial charge in [-0.05, 0) is 164 Å². The van der Waals surface area contributed by atoms with Gasteiger partial charge in [0, 0.05) is 22.4 Å².